The maximum absolute atomic E-state index is 12.6. The molecule has 3 aromatic heterocycles. The van der Waals surface area contributed by atoms with Crippen LogP contribution in [-0.4, -0.2) is 121 Å². The minimum atomic E-state index is -1.75. The minimum Gasteiger partial charge on any atom is -0.464 e. The van der Waals surface area contributed by atoms with Crippen molar-refractivity contribution in [2.75, 3.05) is 33.0 Å². The van der Waals surface area contributed by atoms with Gasteiger partial charge in [0.15, 0.2) is 5.78 Å². The van der Waals surface area contributed by atoms with Crippen molar-refractivity contribution in [2.24, 2.45) is 0 Å². The van der Waals surface area contributed by atoms with Gasteiger partial charge in [0, 0.05) is 12.5 Å². The summed E-state index contributed by atoms with van der Waals surface area (Å²) in [5.41, 5.74) is -7.02. The number of ketones is 1. The molecule has 0 spiro atoms. The quantitative estimate of drug-likeness (QED) is 0.0380. The number of aliphatic hydroxyl groups excluding tert-OH is 1. The van der Waals surface area contributed by atoms with Gasteiger partial charge >= 0.3 is 63.1 Å². The highest BCUT2D eigenvalue weighted by Crippen LogP contribution is 2.12. The Kier molecular flexibility index (Phi) is 19.5. The van der Waals surface area contributed by atoms with Gasteiger partial charge < -0.3 is 28.8 Å². The number of carbonyl (C=O) groups is 3. The monoisotopic (exact) mass is 971 g/mol. The maximum Gasteiger partial charge on any atom is 0.336 e. The highest BCUT2D eigenvalue weighted by molar-refractivity contribution is 5.92. The van der Waals surface area contributed by atoms with E-state index >= 15 is 0 Å². The zero-order valence-electron chi connectivity index (χ0n) is 37.8. The van der Waals surface area contributed by atoms with Gasteiger partial charge in [0.05, 0.1) is 97.0 Å². The summed E-state index contributed by atoms with van der Waals surface area (Å²) in [5.74, 6) is -2.17. The molecule has 6 heterocycles. The molecule has 4 atom stereocenters. The molecule has 4 unspecified atom stereocenters. The van der Waals surface area contributed by atoms with Crippen molar-refractivity contribution in [3.63, 3.8) is 0 Å². The van der Waals surface area contributed by atoms with Crippen molar-refractivity contribution in [3.05, 3.63) is 158 Å². The van der Waals surface area contributed by atoms with E-state index in [1.165, 1.54) is 18.2 Å². The van der Waals surface area contributed by atoms with Crippen LogP contribution < -0.4 is 51.2 Å². The number of allylic oxidation sites excluding steroid dienone is 3. The first-order valence-corrected chi connectivity index (χ1v) is 21.2. The van der Waals surface area contributed by atoms with Gasteiger partial charge in [-0.3, -0.25) is 9.59 Å². The third-order valence-corrected chi connectivity index (χ3v) is 9.93. The van der Waals surface area contributed by atoms with Crippen LogP contribution in [0.4, 0.5) is 0 Å². The first kappa shape index (κ1) is 54.0. The molecule has 3 fully saturated rings. The molecule has 0 saturated carbocycles. The fraction of sp³-hybridized carbons (Fsp3) is 0.476. The maximum atomic E-state index is 12.6. The Bertz CT molecular complexity index is 2770. The fourth-order valence-corrected chi connectivity index (χ4v) is 6.09. The number of carbonyl (C=O) groups excluding carboxylic acids is 3. The average molecular weight is 972 g/mol. The molecule has 3 aliphatic heterocycles. The van der Waals surface area contributed by atoms with Crippen LogP contribution in [-0.2, 0) is 97.0 Å². The number of hydrogen-bond donors (Lipinski definition) is 1. The zero-order valence-corrected chi connectivity index (χ0v) is 37.8. The molecule has 0 bridgehead atoms. The van der Waals surface area contributed by atoms with Crippen LogP contribution in [0.3, 0.4) is 0 Å². The second-order valence-electron chi connectivity index (χ2n) is 14.9. The molecule has 0 aromatic carbocycles. The summed E-state index contributed by atoms with van der Waals surface area (Å²) in [6, 6.07) is 0. The van der Waals surface area contributed by atoms with Crippen molar-refractivity contribution < 1.29 is 43.2 Å². The van der Waals surface area contributed by atoms with Crippen LogP contribution in [0.2, 0.25) is 0 Å². The van der Waals surface area contributed by atoms with E-state index in [-0.39, 0.29) is 83.8 Å². The van der Waals surface area contributed by atoms with Crippen LogP contribution in [0.25, 0.3) is 0 Å². The summed E-state index contributed by atoms with van der Waals surface area (Å²) >= 11 is 0. The Hall–Kier alpha value is -7.62. The zero-order chi connectivity index (χ0) is 51.1. The van der Waals surface area contributed by atoms with E-state index < -0.39 is 88.1 Å². The number of epoxide rings is 3. The summed E-state index contributed by atoms with van der Waals surface area (Å²) in [6.07, 6.45) is 3.95. The third kappa shape index (κ3) is 14.2. The summed E-state index contributed by atoms with van der Waals surface area (Å²) in [7, 11) is 0. The van der Waals surface area contributed by atoms with Gasteiger partial charge in [-0.1, -0.05) is 38.3 Å². The fourth-order valence-electron chi connectivity index (χ4n) is 6.09. The Morgan fingerprint density at radius 1 is 0.536 bits per heavy atom. The summed E-state index contributed by atoms with van der Waals surface area (Å²) < 4.78 is 32.6. The van der Waals surface area contributed by atoms with Crippen molar-refractivity contribution in [3.8, 4) is 0 Å². The van der Waals surface area contributed by atoms with Crippen molar-refractivity contribution >= 4 is 17.7 Å². The third-order valence-electron chi connectivity index (χ3n) is 9.93. The number of rotatable bonds is 24. The SMILES string of the molecule is C=CC(=O)OCCn1c(=O)n(CCOC(=O)CC)c(=O)n(CC(O)C(=O)C=C)c1=O.C=CCn1c(=O)n(CC=C)c(=O)n(CC=C)c1=O.O=c1n(CC2CO2)c(=O)n(CC2CO2)c(=O)n1CC1CO1. The lowest BCUT2D eigenvalue weighted by molar-refractivity contribution is -0.143. The van der Waals surface area contributed by atoms with E-state index in [4.69, 9.17) is 23.7 Å². The van der Waals surface area contributed by atoms with Crippen LogP contribution in [0, 0.1) is 0 Å². The number of ether oxygens (including phenoxy) is 5. The largest absolute Gasteiger partial charge is 0.464 e. The molecule has 27 nitrogen and oxygen atoms in total. The molecule has 6 rings (SSSR count). The number of aromatic nitrogens is 9. The summed E-state index contributed by atoms with van der Waals surface area (Å²) in [5, 5.41) is 9.87. The van der Waals surface area contributed by atoms with Crippen LogP contribution in [0.15, 0.2) is 106 Å². The predicted molar refractivity (Wildman–Crippen MR) is 241 cm³/mol. The van der Waals surface area contributed by atoms with Gasteiger partial charge in [-0.25, -0.2) is 89.0 Å². The molecule has 0 radical (unpaired) electrons. The van der Waals surface area contributed by atoms with E-state index in [0.717, 1.165) is 39.6 Å². The molecule has 1 N–H and O–H groups in total. The molecule has 3 aromatic rings. The average Bonchev–Trinajstić information content (AvgIpc) is 4.18. The molecule has 0 amide bonds. The Morgan fingerprint density at radius 2 is 0.855 bits per heavy atom. The second kappa shape index (κ2) is 24.9. The Balaban J connectivity index is 0.000000234. The summed E-state index contributed by atoms with van der Waals surface area (Å²) in [6.45, 7) is 18.5. The van der Waals surface area contributed by atoms with Gasteiger partial charge in [0.2, 0.25) is 0 Å². The smallest absolute Gasteiger partial charge is 0.336 e. The van der Waals surface area contributed by atoms with Gasteiger partial charge in [0.25, 0.3) is 0 Å². The van der Waals surface area contributed by atoms with Gasteiger partial charge in [-0.2, -0.15) is 0 Å². The van der Waals surface area contributed by atoms with Crippen molar-refractivity contribution in [1.29, 1.82) is 0 Å². The van der Waals surface area contributed by atoms with E-state index in [2.05, 4.69) is 32.9 Å². The van der Waals surface area contributed by atoms with Gasteiger partial charge in [-0.05, 0) is 6.08 Å². The molecule has 3 saturated heterocycles. The van der Waals surface area contributed by atoms with E-state index in [1.807, 2.05) is 0 Å². The van der Waals surface area contributed by atoms with Crippen LogP contribution in [0.5, 0.6) is 0 Å². The lowest BCUT2D eigenvalue weighted by atomic mass is 10.2. The number of aliphatic hydroxyl groups is 1. The molecule has 0 aliphatic carbocycles. The molecular formula is C42H53N9O18. The van der Waals surface area contributed by atoms with E-state index in [1.54, 1.807) is 6.92 Å². The first-order valence-electron chi connectivity index (χ1n) is 21.2. The second-order valence-corrected chi connectivity index (χ2v) is 14.9. The minimum absolute atomic E-state index is 0.0478. The van der Waals surface area contributed by atoms with Crippen molar-refractivity contribution in [2.45, 2.75) is 96.7 Å². The molecule has 374 valence electrons. The van der Waals surface area contributed by atoms with Crippen LogP contribution in [0.1, 0.15) is 13.3 Å². The standard InChI is InChI=1S/C18H23N3O9.C12H15N3O6.C12H15N3O3/c1-4-12(22)13(23)11-21-17(27)19(7-9-29-14(24)5-2)16(26)20(18(21)28)8-10-30-15(25)6-3;16-10-13(1-7-4-19-7)11(17)15(3-9-6-21-9)12(18)14(10)2-8-5-20-8;1-4-7-13-10(16)14(8-5-2)12(18)15(9-6-3)11(13)17/h4-5,13,23H,1-2,6-11H2,3H3;7-9H,1-6H2;4-6H,1-3,7-9H2. The van der Waals surface area contributed by atoms with Crippen molar-refractivity contribution in [1.82, 2.24) is 41.1 Å². The lowest BCUT2D eigenvalue weighted by Gasteiger charge is -2.15. The molecule has 27 heteroatoms. The van der Waals surface area contributed by atoms with E-state index in [9.17, 15) is 62.6 Å². The number of esters is 2. The van der Waals surface area contributed by atoms with Crippen LogP contribution >= 0.6 is 0 Å². The van der Waals surface area contributed by atoms with Gasteiger partial charge in [-0.15, -0.1) is 19.7 Å². The number of nitrogens with zero attached hydrogens (tertiary/aromatic N) is 9. The predicted octanol–water partition coefficient (Wildman–Crippen LogP) is -4.93. The highest BCUT2D eigenvalue weighted by atomic mass is 16.6. The Morgan fingerprint density at radius 3 is 1.16 bits per heavy atom. The van der Waals surface area contributed by atoms with E-state index in [0.29, 0.717) is 33.5 Å². The molecular weight excluding hydrogens is 919 g/mol. The molecule has 69 heavy (non-hydrogen) atoms. The highest BCUT2D eigenvalue weighted by Gasteiger charge is 2.32. The summed E-state index contributed by atoms with van der Waals surface area (Å²) in [4.78, 5) is 145. The lowest BCUT2D eigenvalue weighted by Crippen LogP contribution is -2.56. The number of hydrogen-bond acceptors (Lipinski definition) is 18. The molecule has 3 aliphatic rings. The topological polar surface area (TPSA) is 325 Å². The normalized spacial score (nSPS) is 16.5. The first-order chi connectivity index (χ1) is 32.9. The van der Waals surface area contributed by atoms with Gasteiger partial charge in [0.1, 0.15) is 19.3 Å². The Labute approximate surface area is 388 Å².